The van der Waals surface area contributed by atoms with Crippen molar-refractivity contribution in [3.8, 4) is 6.07 Å². The largest absolute Gasteiger partial charge is 0.356 e. The summed E-state index contributed by atoms with van der Waals surface area (Å²) in [6, 6.07) is 9.84. The number of nitrogens with one attached hydrogen (secondary N) is 1. The van der Waals surface area contributed by atoms with Gasteiger partial charge in [-0.1, -0.05) is 12.1 Å². The Kier molecular flexibility index (Phi) is 4.14. The molecule has 1 amide bonds. The zero-order valence-electron chi connectivity index (χ0n) is 10.9. The third kappa shape index (κ3) is 2.91. The minimum atomic E-state index is 0.0168. The van der Waals surface area contributed by atoms with Crippen molar-refractivity contribution in [3.63, 3.8) is 0 Å². The zero-order valence-corrected chi connectivity index (χ0v) is 10.9. The van der Waals surface area contributed by atoms with Crippen molar-refractivity contribution in [1.82, 2.24) is 14.9 Å². The molecule has 5 nitrogen and oxygen atoms in total. The van der Waals surface area contributed by atoms with Crippen LogP contribution in [0.15, 0.2) is 24.3 Å². The predicted octanol–water partition coefficient (Wildman–Crippen LogP) is 1.63. The second-order valence-corrected chi connectivity index (χ2v) is 4.21. The van der Waals surface area contributed by atoms with Gasteiger partial charge >= 0.3 is 0 Å². The first-order chi connectivity index (χ1) is 9.26. The highest BCUT2D eigenvalue weighted by atomic mass is 16.1. The highest BCUT2D eigenvalue weighted by Gasteiger charge is 2.11. The number of fused-ring (bicyclic) bond motifs is 1. The Morgan fingerprint density at radius 1 is 1.47 bits per heavy atom. The Bertz CT molecular complexity index is 624. The smallest absolute Gasteiger partial charge is 0.221 e. The number of nitriles is 1. The maximum absolute atomic E-state index is 11.5. The standard InChI is InChI=1S/C14H16N4O/c1-2-16-14(19)8-10-18-12-6-4-3-5-11(12)17-13(18)7-9-15/h3-6H,2,7-8,10H2,1H3,(H,16,19). The van der Waals surface area contributed by atoms with Gasteiger partial charge in [-0.05, 0) is 19.1 Å². The van der Waals surface area contributed by atoms with Crippen LogP contribution in [0.5, 0.6) is 0 Å². The molecule has 2 aromatic rings. The van der Waals surface area contributed by atoms with Crippen molar-refractivity contribution in [3.05, 3.63) is 30.1 Å². The summed E-state index contributed by atoms with van der Waals surface area (Å²) < 4.78 is 1.95. The van der Waals surface area contributed by atoms with Crippen LogP contribution in [0.3, 0.4) is 0 Å². The van der Waals surface area contributed by atoms with E-state index in [0.29, 0.717) is 25.3 Å². The number of amides is 1. The van der Waals surface area contributed by atoms with Gasteiger partial charge in [0.1, 0.15) is 5.82 Å². The van der Waals surface area contributed by atoms with E-state index in [4.69, 9.17) is 5.26 Å². The van der Waals surface area contributed by atoms with E-state index >= 15 is 0 Å². The molecule has 0 radical (unpaired) electrons. The fourth-order valence-electron chi connectivity index (χ4n) is 2.08. The first-order valence-electron chi connectivity index (χ1n) is 6.34. The molecule has 5 heteroatoms. The highest BCUT2D eigenvalue weighted by molar-refractivity contribution is 5.78. The van der Waals surface area contributed by atoms with Gasteiger partial charge in [0.2, 0.25) is 5.91 Å². The van der Waals surface area contributed by atoms with E-state index in [2.05, 4.69) is 16.4 Å². The average molecular weight is 256 g/mol. The predicted molar refractivity (Wildman–Crippen MR) is 72.4 cm³/mol. The summed E-state index contributed by atoms with van der Waals surface area (Å²) in [5.74, 6) is 0.733. The van der Waals surface area contributed by atoms with Crippen LogP contribution in [-0.2, 0) is 17.8 Å². The van der Waals surface area contributed by atoms with Crippen molar-refractivity contribution in [1.29, 1.82) is 5.26 Å². The van der Waals surface area contributed by atoms with Crippen molar-refractivity contribution in [2.24, 2.45) is 0 Å². The number of nitrogens with zero attached hydrogens (tertiary/aromatic N) is 3. The summed E-state index contributed by atoms with van der Waals surface area (Å²) in [4.78, 5) is 16.0. The quantitative estimate of drug-likeness (QED) is 0.883. The molecule has 0 spiro atoms. The molecule has 1 N–H and O–H groups in total. The molecule has 0 atom stereocenters. The van der Waals surface area contributed by atoms with Gasteiger partial charge in [0.25, 0.3) is 0 Å². The van der Waals surface area contributed by atoms with Crippen molar-refractivity contribution in [2.75, 3.05) is 6.54 Å². The third-order valence-electron chi connectivity index (χ3n) is 2.91. The Labute approximate surface area is 111 Å². The molecule has 0 aliphatic heterocycles. The minimum absolute atomic E-state index is 0.0168. The summed E-state index contributed by atoms with van der Waals surface area (Å²) >= 11 is 0. The van der Waals surface area contributed by atoms with Crippen LogP contribution in [0.25, 0.3) is 11.0 Å². The molecular weight excluding hydrogens is 240 g/mol. The Morgan fingerprint density at radius 3 is 3.00 bits per heavy atom. The van der Waals surface area contributed by atoms with Gasteiger partial charge in [-0.15, -0.1) is 0 Å². The second-order valence-electron chi connectivity index (χ2n) is 4.21. The maximum Gasteiger partial charge on any atom is 0.221 e. The van der Waals surface area contributed by atoms with Crippen LogP contribution in [0.1, 0.15) is 19.2 Å². The summed E-state index contributed by atoms with van der Waals surface area (Å²) in [6.45, 7) is 3.07. The van der Waals surface area contributed by atoms with Gasteiger partial charge in [0.05, 0.1) is 23.5 Å². The lowest BCUT2D eigenvalue weighted by atomic mass is 10.3. The number of hydrogen-bond donors (Lipinski definition) is 1. The number of imidazole rings is 1. The van der Waals surface area contributed by atoms with Gasteiger partial charge in [0, 0.05) is 19.5 Å². The summed E-state index contributed by atoms with van der Waals surface area (Å²) in [6.07, 6.45) is 0.650. The number of carbonyl (C=O) groups is 1. The lowest BCUT2D eigenvalue weighted by Gasteiger charge is -2.07. The highest BCUT2D eigenvalue weighted by Crippen LogP contribution is 2.16. The van der Waals surface area contributed by atoms with E-state index in [0.717, 1.165) is 11.0 Å². The molecule has 0 fully saturated rings. The van der Waals surface area contributed by atoms with Crippen LogP contribution in [-0.4, -0.2) is 22.0 Å². The molecule has 1 aromatic carbocycles. The maximum atomic E-state index is 11.5. The third-order valence-corrected chi connectivity index (χ3v) is 2.91. The number of aromatic nitrogens is 2. The first-order valence-corrected chi connectivity index (χ1v) is 6.34. The van der Waals surface area contributed by atoms with Crippen molar-refractivity contribution < 1.29 is 4.79 Å². The molecule has 0 saturated heterocycles. The average Bonchev–Trinajstić information content (AvgIpc) is 2.75. The Morgan fingerprint density at radius 2 is 2.26 bits per heavy atom. The second kappa shape index (κ2) is 6.01. The summed E-state index contributed by atoms with van der Waals surface area (Å²) in [5, 5.41) is 11.6. The lowest BCUT2D eigenvalue weighted by Crippen LogP contribution is -2.24. The minimum Gasteiger partial charge on any atom is -0.356 e. The van der Waals surface area contributed by atoms with Crippen molar-refractivity contribution >= 4 is 16.9 Å². The molecule has 2 rings (SSSR count). The fraction of sp³-hybridized carbons (Fsp3) is 0.357. The van der Waals surface area contributed by atoms with Gasteiger partial charge in [0.15, 0.2) is 0 Å². The molecule has 1 heterocycles. The summed E-state index contributed by atoms with van der Waals surface area (Å²) in [5.41, 5.74) is 1.83. The lowest BCUT2D eigenvalue weighted by molar-refractivity contribution is -0.121. The number of benzene rings is 1. The number of rotatable bonds is 5. The first kappa shape index (κ1) is 13.1. The molecular formula is C14H16N4O. The Hall–Kier alpha value is -2.35. The number of carbonyl (C=O) groups excluding carboxylic acids is 1. The molecule has 0 aliphatic rings. The molecule has 98 valence electrons. The van der Waals surface area contributed by atoms with Gasteiger partial charge < -0.3 is 9.88 Å². The molecule has 0 bridgehead atoms. The van der Waals surface area contributed by atoms with E-state index in [-0.39, 0.29) is 12.3 Å². The van der Waals surface area contributed by atoms with Crippen LogP contribution in [0.4, 0.5) is 0 Å². The van der Waals surface area contributed by atoms with E-state index in [1.54, 1.807) is 0 Å². The Balaban J connectivity index is 2.26. The van der Waals surface area contributed by atoms with Crippen molar-refractivity contribution in [2.45, 2.75) is 26.3 Å². The van der Waals surface area contributed by atoms with Crippen LogP contribution < -0.4 is 5.32 Å². The monoisotopic (exact) mass is 256 g/mol. The van der Waals surface area contributed by atoms with Gasteiger partial charge in [-0.3, -0.25) is 4.79 Å². The van der Waals surface area contributed by atoms with E-state index < -0.39 is 0 Å². The number of para-hydroxylation sites is 2. The van der Waals surface area contributed by atoms with Crippen LogP contribution in [0.2, 0.25) is 0 Å². The van der Waals surface area contributed by atoms with E-state index in [1.807, 2.05) is 35.8 Å². The molecule has 0 saturated carbocycles. The van der Waals surface area contributed by atoms with E-state index in [1.165, 1.54) is 0 Å². The number of hydrogen-bond acceptors (Lipinski definition) is 3. The van der Waals surface area contributed by atoms with Crippen LogP contribution in [0, 0.1) is 11.3 Å². The van der Waals surface area contributed by atoms with E-state index in [9.17, 15) is 4.79 Å². The van der Waals surface area contributed by atoms with Gasteiger partial charge in [-0.25, -0.2) is 4.98 Å². The molecule has 0 aliphatic carbocycles. The number of aryl methyl sites for hydroxylation is 1. The molecule has 0 unspecified atom stereocenters. The molecule has 1 aromatic heterocycles. The fourth-order valence-corrected chi connectivity index (χ4v) is 2.08. The van der Waals surface area contributed by atoms with Crippen LogP contribution >= 0.6 is 0 Å². The SMILES string of the molecule is CCNC(=O)CCn1c(CC#N)nc2ccccc21. The topological polar surface area (TPSA) is 70.7 Å². The zero-order chi connectivity index (χ0) is 13.7. The summed E-state index contributed by atoms with van der Waals surface area (Å²) in [7, 11) is 0. The normalized spacial score (nSPS) is 10.3. The van der Waals surface area contributed by atoms with Gasteiger partial charge in [-0.2, -0.15) is 5.26 Å². The molecule has 19 heavy (non-hydrogen) atoms.